The third kappa shape index (κ3) is 3.66. The molecule has 80 valence electrons. The molecule has 0 aliphatic rings. The lowest BCUT2D eigenvalue weighted by Crippen LogP contribution is -2.14. The smallest absolute Gasteiger partial charge is 0.128 e. The number of halogens is 1. The van der Waals surface area contributed by atoms with Gasteiger partial charge < -0.3 is 10.1 Å². The maximum atomic E-state index is 13.2. The van der Waals surface area contributed by atoms with Gasteiger partial charge >= 0.3 is 0 Å². The summed E-state index contributed by atoms with van der Waals surface area (Å²) >= 11 is 0. The van der Waals surface area contributed by atoms with Gasteiger partial charge in [-0.05, 0) is 25.2 Å². The molecule has 0 heterocycles. The molecule has 0 saturated carbocycles. The second-order valence-corrected chi connectivity index (χ2v) is 3.07. The predicted molar refractivity (Wildman–Crippen MR) is 54.7 cm³/mol. The van der Waals surface area contributed by atoms with E-state index < -0.39 is 0 Å². The fourth-order valence-corrected chi connectivity index (χ4v) is 1.11. The van der Waals surface area contributed by atoms with Gasteiger partial charge in [-0.15, -0.1) is 0 Å². The fraction of sp³-hybridized carbons (Fsp3) is 0.364. The van der Waals surface area contributed by atoms with Gasteiger partial charge in [-0.2, -0.15) is 5.26 Å². The summed E-state index contributed by atoms with van der Waals surface area (Å²) in [5.74, 6) is -0.335. The minimum absolute atomic E-state index is 0.197. The van der Waals surface area contributed by atoms with Crippen molar-refractivity contribution in [1.82, 2.24) is 5.32 Å². The molecule has 0 bridgehead atoms. The zero-order valence-corrected chi connectivity index (χ0v) is 8.59. The van der Waals surface area contributed by atoms with E-state index in [1.807, 2.05) is 13.1 Å². The van der Waals surface area contributed by atoms with Gasteiger partial charge in [0, 0.05) is 12.1 Å². The van der Waals surface area contributed by atoms with Gasteiger partial charge in [0.2, 0.25) is 0 Å². The third-order valence-corrected chi connectivity index (χ3v) is 1.93. The van der Waals surface area contributed by atoms with Crippen molar-refractivity contribution in [3.8, 4) is 6.07 Å². The van der Waals surface area contributed by atoms with Crippen LogP contribution in [-0.2, 0) is 11.3 Å². The Bertz CT molecular complexity index is 360. The summed E-state index contributed by atoms with van der Waals surface area (Å²) in [6.07, 6.45) is 0. The van der Waals surface area contributed by atoms with E-state index in [-0.39, 0.29) is 12.4 Å². The summed E-state index contributed by atoms with van der Waals surface area (Å²) in [6.45, 7) is 1.44. The molecule has 0 unspecified atom stereocenters. The van der Waals surface area contributed by atoms with Crippen molar-refractivity contribution in [2.45, 2.75) is 6.61 Å². The standard InChI is InChI=1S/C11H13FN2O/c1-14-4-5-15-8-10-6-9(7-13)2-3-11(10)12/h2-3,6,14H,4-5,8H2,1H3. The van der Waals surface area contributed by atoms with Crippen LogP contribution >= 0.6 is 0 Å². The van der Waals surface area contributed by atoms with E-state index in [1.54, 1.807) is 0 Å². The zero-order valence-electron chi connectivity index (χ0n) is 8.59. The number of hydrogen-bond acceptors (Lipinski definition) is 3. The van der Waals surface area contributed by atoms with E-state index >= 15 is 0 Å². The lowest BCUT2D eigenvalue weighted by atomic mass is 10.1. The first-order chi connectivity index (χ1) is 7.27. The molecule has 0 aromatic heterocycles. The quantitative estimate of drug-likeness (QED) is 0.744. The second-order valence-electron chi connectivity index (χ2n) is 3.07. The maximum absolute atomic E-state index is 13.2. The van der Waals surface area contributed by atoms with Gasteiger partial charge in [0.15, 0.2) is 0 Å². The number of benzene rings is 1. The van der Waals surface area contributed by atoms with Crippen LogP contribution < -0.4 is 5.32 Å². The van der Waals surface area contributed by atoms with Gasteiger partial charge in [-0.3, -0.25) is 0 Å². The molecule has 4 heteroatoms. The van der Waals surface area contributed by atoms with Crippen LogP contribution in [0.15, 0.2) is 18.2 Å². The Balaban J connectivity index is 2.56. The molecule has 15 heavy (non-hydrogen) atoms. The molecule has 0 atom stereocenters. The minimum atomic E-state index is -0.335. The van der Waals surface area contributed by atoms with Gasteiger partial charge in [0.25, 0.3) is 0 Å². The van der Waals surface area contributed by atoms with Gasteiger partial charge in [0.05, 0.1) is 24.8 Å². The van der Waals surface area contributed by atoms with Crippen LogP contribution in [0.3, 0.4) is 0 Å². The molecule has 1 N–H and O–H groups in total. The molecule has 0 fully saturated rings. The highest BCUT2D eigenvalue weighted by atomic mass is 19.1. The van der Waals surface area contributed by atoms with Crippen LogP contribution in [0.2, 0.25) is 0 Å². The van der Waals surface area contributed by atoms with Gasteiger partial charge in [-0.1, -0.05) is 0 Å². The lowest BCUT2D eigenvalue weighted by molar-refractivity contribution is 0.121. The second kappa shape index (κ2) is 6.12. The zero-order chi connectivity index (χ0) is 11.1. The molecule has 3 nitrogen and oxygen atoms in total. The van der Waals surface area contributed by atoms with E-state index in [4.69, 9.17) is 10.00 Å². The normalized spacial score (nSPS) is 9.93. The number of likely N-dealkylation sites (N-methyl/N-ethyl adjacent to an activating group) is 1. The van der Waals surface area contributed by atoms with Crippen LogP contribution in [0.4, 0.5) is 4.39 Å². The largest absolute Gasteiger partial charge is 0.375 e. The summed E-state index contributed by atoms with van der Waals surface area (Å²) in [7, 11) is 1.82. The minimum Gasteiger partial charge on any atom is -0.375 e. The van der Waals surface area contributed by atoms with Crippen molar-refractivity contribution in [3.63, 3.8) is 0 Å². The van der Waals surface area contributed by atoms with Gasteiger partial charge in [-0.25, -0.2) is 4.39 Å². The molecule has 0 amide bonds. The average molecular weight is 208 g/mol. The number of hydrogen-bond donors (Lipinski definition) is 1. The van der Waals surface area contributed by atoms with Crippen LogP contribution in [0, 0.1) is 17.1 Å². The maximum Gasteiger partial charge on any atom is 0.128 e. The summed E-state index contributed by atoms with van der Waals surface area (Å²) in [6, 6.07) is 6.21. The molecule has 1 aromatic carbocycles. The van der Waals surface area contributed by atoms with Crippen molar-refractivity contribution < 1.29 is 9.13 Å². The predicted octanol–water partition coefficient (Wildman–Crippen LogP) is 1.43. The van der Waals surface area contributed by atoms with Crippen LogP contribution in [0.1, 0.15) is 11.1 Å². The van der Waals surface area contributed by atoms with Crippen LogP contribution in [0.25, 0.3) is 0 Å². The van der Waals surface area contributed by atoms with Crippen LogP contribution in [-0.4, -0.2) is 20.2 Å². The Kier molecular flexibility index (Phi) is 4.75. The Labute approximate surface area is 88.5 Å². The Hall–Kier alpha value is -1.44. The molecular formula is C11H13FN2O. The van der Waals surface area contributed by atoms with Crippen molar-refractivity contribution in [2.24, 2.45) is 0 Å². The summed E-state index contributed by atoms with van der Waals surface area (Å²) < 4.78 is 18.4. The Morgan fingerprint density at radius 3 is 3.00 bits per heavy atom. The first-order valence-electron chi connectivity index (χ1n) is 4.69. The van der Waals surface area contributed by atoms with Crippen LogP contribution in [0.5, 0.6) is 0 Å². The average Bonchev–Trinajstić information content (AvgIpc) is 2.26. The molecule has 0 spiro atoms. The highest BCUT2D eigenvalue weighted by Gasteiger charge is 2.03. The first-order valence-corrected chi connectivity index (χ1v) is 4.69. The number of nitriles is 1. The monoisotopic (exact) mass is 208 g/mol. The van der Waals surface area contributed by atoms with Crippen molar-refractivity contribution >= 4 is 0 Å². The molecule has 0 aliphatic carbocycles. The molecule has 1 aromatic rings. The third-order valence-electron chi connectivity index (χ3n) is 1.93. The highest BCUT2D eigenvalue weighted by molar-refractivity contribution is 5.33. The number of nitrogens with one attached hydrogen (secondary N) is 1. The van der Waals surface area contributed by atoms with Crippen molar-refractivity contribution in [3.05, 3.63) is 35.1 Å². The topological polar surface area (TPSA) is 45.0 Å². The summed E-state index contributed by atoms with van der Waals surface area (Å²) in [5, 5.41) is 11.6. The van der Waals surface area contributed by atoms with E-state index in [1.165, 1.54) is 18.2 Å². The number of rotatable bonds is 5. The highest BCUT2D eigenvalue weighted by Crippen LogP contribution is 2.10. The first kappa shape index (κ1) is 11.6. The number of nitrogens with zero attached hydrogens (tertiary/aromatic N) is 1. The summed E-state index contributed by atoms with van der Waals surface area (Å²) in [5.41, 5.74) is 0.869. The molecule has 1 rings (SSSR count). The Morgan fingerprint density at radius 1 is 1.53 bits per heavy atom. The van der Waals surface area contributed by atoms with Crippen molar-refractivity contribution in [1.29, 1.82) is 5.26 Å². The molecule has 0 radical (unpaired) electrons. The van der Waals surface area contributed by atoms with E-state index in [0.717, 1.165) is 6.54 Å². The molecule has 0 saturated heterocycles. The SMILES string of the molecule is CNCCOCc1cc(C#N)ccc1F. The lowest BCUT2D eigenvalue weighted by Gasteiger charge is -2.05. The van der Waals surface area contributed by atoms with E-state index in [9.17, 15) is 4.39 Å². The Morgan fingerprint density at radius 2 is 2.33 bits per heavy atom. The molecular weight excluding hydrogens is 195 g/mol. The van der Waals surface area contributed by atoms with Gasteiger partial charge in [0.1, 0.15) is 5.82 Å². The fourth-order valence-electron chi connectivity index (χ4n) is 1.11. The molecule has 0 aliphatic heterocycles. The van der Waals surface area contributed by atoms with E-state index in [0.29, 0.717) is 17.7 Å². The van der Waals surface area contributed by atoms with E-state index in [2.05, 4.69) is 5.32 Å². The summed E-state index contributed by atoms with van der Waals surface area (Å²) in [4.78, 5) is 0. The number of ether oxygens (including phenoxy) is 1. The van der Waals surface area contributed by atoms with Crippen molar-refractivity contribution in [2.75, 3.05) is 20.2 Å².